The van der Waals surface area contributed by atoms with E-state index < -0.39 is 10.0 Å². The van der Waals surface area contributed by atoms with E-state index in [9.17, 15) is 13.2 Å². The molecule has 28 heavy (non-hydrogen) atoms. The molecule has 3 aliphatic rings. The Hall–Kier alpha value is -1.83. The van der Waals surface area contributed by atoms with Gasteiger partial charge in [0.2, 0.25) is 5.91 Å². The Kier molecular flexibility index (Phi) is 4.80. The first-order valence-electron chi connectivity index (χ1n) is 9.53. The lowest BCUT2D eigenvalue weighted by molar-refractivity contribution is -0.131. The number of hydrogen-bond acceptors (Lipinski definition) is 4. The molecule has 0 saturated carbocycles. The van der Waals surface area contributed by atoms with Crippen molar-refractivity contribution >= 4 is 44.8 Å². The first kappa shape index (κ1) is 19.5. The standard InChI is InChI=1S/C20H23N3O3S.ClH/c24-18(22-11-8-20(9-12-22)7-10-21-14-20)13-23-16-5-1-3-15-4-2-6-17(19(15)16)27(23,25)26;/h1-6,21H,7-14H2;1H. The first-order chi connectivity index (χ1) is 13.0. The van der Waals surface area contributed by atoms with Crippen molar-refractivity contribution in [2.24, 2.45) is 5.41 Å². The maximum atomic E-state index is 13.0. The zero-order valence-electron chi connectivity index (χ0n) is 15.6. The molecule has 0 atom stereocenters. The molecule has 0 radical (unpaired) electrons. The van der Waals surface area contributed by atoms with Gasteiger partial charge in [0.05, 0.1) is 10.6 Å². The number of anilines is 1. The van der Waals surface area contributed by atoms with Gasteiger partial charge in [0, 0.05) is 25.0 Å². The van der Waals surface area contributed by atoms with Crippen molar-refractivity contribution in [3.05, 3.63) is 36.4 Å². The third-order valence-electron chi connectivity index (χ3n) is 6.47. The number of nitrogens with zero attached hydrogens (tertiary/aromatic N) is 2. The summed E-state index contributed by atoms with van der Waals surface area (Å²) in [6.45, 7) is 3.40. The van der Waals surface area contributed by atoms with Gasteiger partial charge in [-0.25, -0.2) is 8.42 Å². The van der Waals surface area contributed by atoms with Crippen LogP contribution in [0.25, 0.3) is 10.8 Å². The number of rotatable bonds is 2. The van der Waals surface area contributed by atoms with Crippen LogP contribution in [-0.4, -0.2) is 51.9 Å². The Morgan fingerprint density at radius 1 is 1.07 bits per heavy atom. The van der Waals surface area contributed by atoms with Gasteiger partial charge < -0.3 is 10.2 Å². The molecule has 0 unspecified atom stereocenters. The predicted molar refractivity (Wildman–Crippen MR) is 111 cm³/mol. The molecule has 2 saturated heterocycles. The van der Waals surface area contributed by atoms with E-state index in [1.807, 2.05) is 23.1 Å². The second kappa shape index (κ2) is 6.90. The quantitative estimate of drug-likeness (QED) is 0.808. The van der Waals surface area contributed by atoms with Gasteiger partial charge in [-0.05, 0) is 48.7 Å². The van der Waals surface area contributed by atoms with Gasteiger partial charge in [-0.3, -0.25) is 9.10 Å². The fourth-order valence-corrected chi connectivity index (χ4v) is 6.46. The molecule has 3 aliphatic heterocycles. The van der Waals surface area contributed by atoms with Crippen molar-refractivity contribution in [1.29, 1.82) is 0 Å². The number of halogens is 1. The van der Waals surface area contributed by atoms with E-state index in [0.717, 1.165) is 36.7 Å². The van der Waals surface area contributed by atoms with Gasteiger partial charge >= 0.3 is 0 Å². The van der Waals surface area contributed by atoms with Crippen molar-refractivity contribution < 1.29 is 13.2 Å². The van der Waals surface area contributed by atoms with Crippen molar-refractivity contribution in [2.45, 2.75) is 24.2 Å². The summed E-state index contributed by atoms with van der Waals surface area (Å²) in [5, 5.41) is 5.04. The molecular formula is C20H24ClN3O3S. The molecule has 2 fully saturated rings. The maximum absolute atomic E-state index is 13.0. The topological polar surface area (TPSA) is 69.7 Å². The Morgan fingerprint density at radius 2 is 1.79 bits per heavy atom. The molecule has 0 bridgehead atoms. The molecule has 2 aromatic rings. The fraction of sp³-hybridized carbons (Fsp3) is 0.450. The lowest BCUT2D eigenvalue weighted by atomic mass is 9.78. The second-order valence-electron chi connectivity index (χ2n) is 7.95. The average molecular weight is 422 g/mol. The average Bonchev–Trinajstić information content (AvgIpc) is 3.21. The normalized spacial score (nSPS) is 21.9. The minimum atomic E-state index is -3.68. The van der Waals surface area contributed by atoms with Crippen LogP contribution < -0.4 is 9.62 Å². The van der Waals surface area contributed by atoms with Crippen LogP contribution in [0.15, 0.2) is 41.3 Å². The summed E-state index contributed by atoms with van der Waals surface area (Å²) in [4.78, 5) is 15.1. The van der Waals surface area contributed by atoms with Crippen LogP contribution in [0.3, 0.4) is 0 Å². The number of benzene rings is 2. The summed E-state index contributed by atoms with van der Waals surface area (Å²) in [6, 6.07) is 10.8. The van der Waals surface area contributed by atoms with Crippen LogP contribution in [0.1, 0.15) is 19.3 Å². The summed E-state index contributed by atoms with van der Waals surface area (Å²) < 4.78 is 27.4. The van der Waals surface area contributed by atoms with E-state index in [-0.39, 0.29) is 24.9 Å². The number of likely N-dealkylation sites (tertiary alicyclic amines) is 1. The summed E-state index contributed by atoms with van der Waals surface area (Å²) in [5.74, 6) is -0.107. The van der Waals surface area contributed by atoms with E-state index in [2.05, 4.69) is 5.32 Å². The molecular weight excluding hydrogens is 398 g/mol. The number of carbonyl (C=O) groups excluding carboxylic acids is 1. The number of piperidine rings is 1. The Balaban J connectivity index is 0.00000192. The number of hydrogen-bond donors (Lipinski definition) is 1. The molecule has 1 N–H and O–H groups in total. The van der Waals surface area contributed by atoms with Gasteiger partial charge in [-0.2, -0.15) is 0 Å². The van der Waals surface area contributed by atoms with Gasteiger partial charge in [0.1, 0.15) is 6.54 Å². The molecule has 0 aromatic heterocycles. The molecule has 6 nitrogen and oxygen atoms in total. The SMILES string of the molecule is Cl.O=C(CN1c2cccc3cccc(c23)S1(=O)=O)N1CCC2(CCNC2)CC1. The highest BCUT2D eigenvalue weighted by Gasteiger charge is 2.40. The van der Waals surface area contributed by atoms with Gasteiger partial charge in [-0.1, -0.05) is 24.3 Å². The monoisotopic (exact) mass is 421 g/mol. The molecule has 1 spiro atoms. The third-order valence-corrected chi connectivity index (χ3v) is 8.27. The van der Waals surface area contributed by atoms with Crippen LogP contribution in [0.5, 0.6) is 0 Å². The lowest BCUT2D eigenvalue weighted by Gasteiger charge is -2.39. The maximum Gasteiger partial charge on any atom is 0.265 e. The summed E-state index contributed by atoms with van der Waals surface area (Å²) in [5.41, 5.74) is 0.947. The van der Waals surface area contributed by atoms with Gasteiger partial charge in [0.25, 0.3) is 10.0 Å². The highest BCUT2D eigenvalue weighted by Crippen LogP contribution is 2.42. The minimum Gasteiger partial charge on any atom is -0.341 e. The Labute approximate surface area is 171 Å². The second-order valence-corrected chi connectivity index (χ2v) is 9.78. The highest BCUT2D eigenvalue weighted by atomic mass is 35.5. The molecule has 8 heteroatoms. The van der Waals surface area contributed by atoms with Crippen molar-refractivity contribution in [1.82, 2.24) is 10.2 Å². The zero-order chi connectivity index (χ0) is 18.6. The number of carbonyl (C=O) groups is 1. The fourth-order valence-electron chi connectivity index (χ4n) is 4.80. The molecule has 0 aliphatic carbocycles. The van der Waals surface area contributed by atoms with Crippen LogP contribution in [0.2, 0.25) is 0 Å². The van der Waals surface area contributed by atoms with Crippen LogP contribution in [0.4, 0.5) is 5.69 Å². The van der Waals surface area contributed by atoms with E-state index in [1.165, 1.54) is 10.7 Å². The molecule has 1 amide bonds. The predicted octanol–water partition coefficient (Wildman–Crippen LogP) is 2.37. The zero-order valence-corrected chi connectivity index (χ0v) is 17.2. The van der Waals surface area contributed by atoms with Crippen molar-refractivity contribution in [3.63, 3.8) is 0 Å². The molecule has 3 heterocycles. The number of amides is 1. The van der Waals surface area contributed by atoms with Gasteiger partial charge in [-0.15, -0.1) is 12.4 Å². The summed E-state index contributed by atoms with van der Waals surface area (Å²) in [6.07, 6.45) is 3.16. The highest BCUT2D eigenvalue weighted by molar-refractivity contribution is 7.93. The number of sulfonamides is 1. The molecule has 2 aromatic carbocycles. The van der Waals surface area contributed by atoms with Crippen LogP contribution in [-0.2, 0) is 14.8 Å². The summed E-state index contributed by atoms with van der Waals surface area (Å²) >= 11 is 0. The van der Waals surface area contributed by atoms with Crippen molar-refractivity contribution in [3.8, 4) is 0 Å². The first-order valence-corrected chi connectivity index (χ1v) is 11.0. The Bertz CT molecular complexity index is 1020. The van der Waals surface area contributed by atoms with Crippen LogP contribution in [0, 0.1) is 5.41 Å². The Morgan fingerprint density at radius 3 is 2.46 bits per heavy atom. The van der Waals surface area contributed by atoms with Crippen molar-refractivity contribution in [2.75, 3.05) is 37.0 Å². The van der Waals surface area contributed by atoms with E-state index >= 15 is 0 Å². The van der Waals surface area contributed by atoms with E-state index in [4.69, 9.17) is 0 Å². The van der Waals surface area contributed by atoms with Gasteiger partial charge in [0.15, 0.2) is 0 Å². The smallest absolute Gasteiger partial charge is 0.265 e. The minimum absolute atomic E-state index is 0. The largest absolute Gasteiger partial charge is 0.341 e. The third kappa shape index (κ3) is 2.88. The lowest BCUT2D eigenvalue weighted by Crippen LogP contribution is -2.48. The summed E-state index contributed by atoms with van der Waals surface area (Å²) in [7, 11) is -3.68. The number of nitrogens with one attached hydrogen (secondary N) is 1. The molecule has 150 valence electrons. The van der Waals surface area contributed by atoms with Crippen LogP contribution >= 0.6 is 12.4 Å². The van der Waals surface area contributed by atoms with E-state index in [1.54, 1.807) is 18.2 Å². The van der Waals surface area contributed by atoms with E-state index in [0.29, 0.717) is 29.1 Å². The molecule has 5 rings (SSSR count).